The Kier molecular flexibility index (Phi) is 3.24. The molecule has 0 spiro atoms. The van der Waals surface area contributed by atoms with E-state index in [0.29, 0.717) is 11.4 Å². The third kappa shape index (κ3) is 2.16. The molecule has 0 aliphatic rings. The second-order valence-electron chi connectivity index (χ2n) is 4.04. The van der Waals surface area contributed by atoms with Gasteiger partial charge in [-0.05, 0) is 19.1 Å². The van der Waals surface area contributed by atoms with Crippen molar-refractivity contribution in [2.24, 2.45) is 0 Å². The van der Waals surface area contributed by atoms with Gasteiger partial charge in [-0.2, -0.15) is 5.26 Å². The van der Waals surface area contributed by atoms with Gasteiger partial charge in [0.2, 0.25) is 0 Å². The third-order valence-electron chi connectivity index (χ3n) is 2.81. The standard InChI is InChI=1S/C14H14N4/c1-3-12-17-13(9(2)14(16)18-12)11-6-4-5-10(7-11)8-15/h4-7H,3H2,1-2H3,(H2,16,17,18). The van der Waals surface area contributed by atoms with E-state index in [4.69, 9.17) is 11.0 Å². The molecule has 90 valence electrons. The highest BCUT2D eigenvalue weighted by Gasteiger charge is 2.10. The lowest BCUT2D eigenvalue weighted by molar-refractivity contribution is 0.940. The molecule has 0 atom stereocenters. The topological polar surface area (TPSA) is 75.6 Å². The van der Waals surface area contributed by atoms with Crippen LogP contribution in [0.5, 0.6) is 0 Å². The van der Waals surface area contributed by atoms with Gasteiger partial charge in [0.25, 0.3) is 0 Å². The lowest BCUT2D eigenvalue weighted by atomic mass is 10.0. The first-order valence-electron chi connectivity index (χ1n) is 5.79. The quantitative estimate of drug-likeness (QED) is 0.872. The molecule has 18 heavy (non-hydrogen) atoms. The Labute approximate surface area is 106 Å². The highest BCUT2D eigenvalue weighted by atomic mass is 15.0. The average molecular weight is 238 g/mol. The fourth-order valence-corrected chi connectivity index (χ4v) is 1.76. The summed E-state index contributed by atoms with van der Waals surface area (Å²) in [7, 11) is 0. The van der Waals surface area contributed by atoms with Crippen LogP contribution in [0.4, 0.5) is 5.82 Å². The molecule has 4 heteroatoms. The smallest absolute Gasteiger partial charge is 0.131 e. The van der Waals surface area contributed by atoms with E-state index in [-0.39, 0.29) is 0 Å². The normalized spacial score (nSPS) is 10.1. The maximum absolute atomic E-state index is 8.93. The monoisotopic (exact) mass is 238 g/mol. The third-order valence-corrected chi connectivity index (χ3v) is 2.81. The number of anilines is 1. The largest absolute Gasteiger partial charge is 0.383 e. The van der Waals surface area contributed by atoms with Crippen LogP contribution in [-0.4, -0.2) is 9.97 Å². The summed E-state index contributed by atoms with van der Waals surface area (Å²) in [6, 6.07) is 9.48. The van der Waals surface area contributed by atoms with E-state index in [9.17, 15) is 0 Å². The van der Waals surface area contributed by atoms with Crippen LogP contribution in [-0.2, 0) is 6.42 Å². The van der Waals surface area contributed by atoms with Crippen LogP contribution in [0.2, 0.25) is 0 Å². The van der Waals surface area contributed by atoms with Gasteiger partial charge in [-0.15, -0.1) is 0 Å². The number of nitrogens with zero attached hydrogens (tertiary/aromatic N) is 3. The average Bonchev–Trinajstić information content (AvgIpc) is 2.41. The molecule has 1 aromatic carbocycles. The zero-order valence-corrected chi connectivity index (χ0v) is 10.4. The van der Waals surface area contributed by atoms with E-state index in [0.717, 1.165) is 29.1 Å². The van der Waals surface area contributed by atoms with Gasteiger partial charge in [-0.3, -0.25) is 0 Å². The molecule has 0 saturated carbocycles. The molecule has 0 bridgehead atoms. The molecule has 1 aromatic heterocycles. The number of nitriles is 1. The van der Waals surface area contributed by atoms with Crippen molar-refractivity contribution in [1.82, 2.24) is 9.97 Å². The van der Waals surface area contributed by atoms with Crippen LogP contribution >= 0.6 is 0 Å². The molecule has 0 aliphatic carbocycles. The molecule has 0 aliphatic heterocycles. The SMILES string of the molecule is CCc1nc(N)c(C)c(-c2cccc(C#N)c2)n1. The van der Waals surface area contributed by atoms with E-state index in [1.165, 1.54) is 0 Å². The Morgan fingerprint density at radius 2 is 2.11 bits per heavy atom. The van der Waals surface area contributed by atoms with Crippen molar-refractivity contribution in [3.05, 3.63) is 41.2 Å². The molecular formula is C14H14N4. The predicted molar refractivity (Wildman–Crippen MR) is 70.7 cm³/mol. The summed E-state index contributed by atoms with van der Waals surface area (Å²) in [5.41, 5.74) is 9.05. The van der Waals surface area contributed by atoms with Crippen LogP contribution in [0.15, 0.2) is 24.3 Å². The molecule has 1 heterocycles. The van der Waals surface area contributed by atoms with E-state index < -0.39 is 0 Å². The van der Waals surface area contributed by atoms with Crippen molar-refractivity contribution >= 4 is 5.82 Å². The Morgan fingerprint density at radius 1 is 1.33 bits per heavy atom. The van der Waals surface area contributed by atoms with E-state index in [1.807, 2.05) is 32.0 Å². The van der Waals surface area contributed by atoms with Gasteiger partial charge in [0.15, 0.2) is 0 Å². The molecule has 2 aromatic rings. The number of rotatable bonds is 2. The second kappa shape index (κ2) is 4.84. The molecule has 2 N–H and O–H groups in total. The lowest BCUT2D eigenvalue weighted by Crippen LogP contribution is -2.04. The molecule has 0 saturated heterocycles. The number of nitrogens with two attached hydrogens (primary N) is 1. The fourth-order valence-electron chi connectivity index (χ4n) is 1.76. The van der Waals surface area contributed by atoms with Crippen LogP contribution in [0.3, 0.4) is 0 Å². The zero-order valence-electron chi connectivity index (χ0n) is 10.4. The van der Waals surface area contributed by atoms with Crippen LogP contribution in [0.25, 0.3) is 11.3 Å². The first kappa shape index (κ1) is 12.1. The van der Waals surface area contributed by atoms with Gasteiger partial charge < -0.3 is 5.73 Å². The first-order valence-corrected chi connectivity index (χ1v) is 5.79. The molecule has 0 unspecified atom stereocenters. The second-order valence-corrected chi connectivity index (χ2v) is 4.04. The number of aryl methyl sites for hydroxylation is 1. The molecular weight excluding hydrogens is 224 g/mol. The Hall–Kier alpha value is -2.41. The molecule has 0 amide bonds. The molecule has 2 rings (SSSR count). The van der Waals surface area contributed by atoms with Gasteiger partial charge in [0.05, 0.1) is 17.3 Å². The van der Waals surface area contributed by atoms with E-state index in [1.54, 1.807) is 6.07 Å². The summed E-state index contributed by atoms with van der Waals surface area (Å²) in [6.45, 7) is 3.88. The zero-order chi connectivity index (χ0) is 13.1. The van der Waals surface area contributed by atoms with Crippen molar-refractivity contribution in [2.45, 2.75) is 20.3 Å². The highest BCUT2D eigenvalue weighted by molar-refractivity contribution is 5.68. The number of aromatic nitrogens is 2. The summed E-state index contributed by atoms with van der Waals surface area (Å²) in [5, 5.41) is 8.93. The van der Waals surface area contributed by atoms with Gasteiger partial charge in [0.1, 0.15) is 11.6 Å². The minimum absolute atomic E-state index is 0.499. The van der Waals surface area contributed by atoms with E-state index >= 15 is 0 Å². The Morgan fingerprint density at radius 3 is 2.78 bits per heavy atom. The predicted octanol–water partition coefficient (Wildman–Crippen LogP) is 2.47. The lowest BCUT2D eigenvalue weighted by Gasteiger charge is -2.09. The van der Waals surface area contributed by atoms with Gasteiger partial charge >= 0.3 is 0 Å². The summed E-state index contributed by atoms with van der Waals surface area (Å²) in [6.07, 6.45) is 0.732. The molecule has 4 nitrogen and oxygen atoms in total. The number of hydrogen-bond donors (Lipinski definition) is 1. The summed E-state index contributed by atoms with van der Waals surface area (Å²) in [4.78, 5) is 8.72. The van der Waals surface area contributed by atoms with Crippen LogP contribution in [0, 0.1) is 18.3 Å². The minimum atomic E-state index is 0.499. The number of benzene rings is 1. The minimum Gasteiger partial charge on any atom is -0.383 e. The van der Waals surface area contributed by atoms with Crippen molar-refractivity contribution < 1.29 is 0 Å². The molecule has 0 fully saturated rings. The maximum Gasteiger partial charge on any atom is 0.131 e. The van der Waals surface area contributed by atoms with Crippen molar-refractivity contribution in [2.75, 3.05) is 5.73 Å². The Bertz CT molecular complexity index is 626. The van der Waals surface area contributed by atoms with Crippen molar-refractivity contribution in [1.29, 1.82) is 5.26 Å². The van der Waals surface area contributed by atoms with Gasteiger partial charge in [-0.1, -0.05) is 19.1 Å². The number of hydrogen-bond acceptors (Lipinski definition) is 4. The fraction of sp³-hybridized carbons (Fsp3) is 0.214. The van der Waals surface area contributed by atoms with E-state index in [2.05, 4.69) is 16.0 Å². The molecule has 0 radical (unpaired) electrons. The van der Waals surface area contributed by atoms with Gasteiger partial charge in [-0.25, -0.2) is 9.97 Å². The number of nitrogen functional groups attached to an aromatic ring is 1. The maximum atomic E-state index is 8.93. The summed E-state index contributed by atoms with van der Waals surface area (Å²) in [5.74, 6) is 1.22. The van der Waals surface area contributed by atoms with Crippen molar-refractivity contribution in [3.8, 4) is 17.3 Å². The highest BCUT2D eigenvalue weighted by Crippen LogP contribution is 2.25. The first-order chi connectivity index (χ1) is 8.65. The van der Waals surface area contributed by atoms with Crippen LogP contribution < -0.4 is 5.73 Å². The van der Waals surface area contributed by atoms with Gasteiger partial charge in [0, 0.05) is 17.5 Å². The summed E-state index contributed by atoms with van der Waals surface area (Å²) >= 11 is 0. The Balaban J connectivity index is 2.63. The summed E-state index contributed by atoms with van der Waals surface area (Å²) < 4.78 is 0. The van der Waals surface area contributed by atoms with Crippen molar-refractivity contribution in [3.63, 3.8) is 0 Å². The van der Waals surface area contributed by atoms with Crippen LogP contribution in [0.1, 0.15) is 23.9 Å².